The fraction of sp³-hybridized carbons (Fsp3) is 0.455. The van der Waals surface area contributed by atoms with E-state index in [-0.39, 0.29) is 0 Å². The Morgan fingerprint density at radius 3 is 1.65 bits per heavy atom. The van der Waals surface area contributed by atoms with Crippen LogP contribution in [0.25, 0.3) is 0 Å². The van der Waals surface area contributed by atoms with Crippen molar-refractivity contribution in [3.8, 4) is 0 Å². The summed E-state index contributed by atoms with van der Waals surface area (Å²) in [5, 5.41) is -1.15. The molecule has 1 aromatic carbocycles. The fourth-order valence-corrected chi connectivity index (χ4v) is 7.68. The summed E-state index contributed by atoms with van der Waals surface area (Å²) in [7, 11) is -2.47. The van der Waals surface area contributed by atoms with Gasteiger partial charge in [0.2, 0.25) is 0 Å². The first kappa shape index (κ1) is 18.3. The highest BCUT2D eigenvalue weighted by atomic mass is 127. The van der Waals surface area contributed by atoms with E-state index in [1.54, 1.807) is 18.2 Å². The molecule has 114 valence electrons. The van der Waals surface area contributed by atoms with Crippen LogP contribution in [0.2, 0.25) is 0 Å². The number of benzene rings is 1. The molecule has 1 aromatic rings. The minimum Gasteiger partial charge on any atom is -0.311 e. The Balaban J connectivity index is 3.56. The molecule has 0 aliphatic carbocycles. The second-order valence-corrected chi connectivity index (χ2v) is 9.93. The van der Waals surface area contributed by atoms with Crippen LogP contribution in [0.4, 0.5) is 0 Å². The highest BCUT2D eigenvalue weighted by molar-refractivity contribution is 14.1. The number of rotatable bonds is 7. The molecule has 6 nitrogen and oxygen atoms in total. The molecular weight excluding hydrogens is 417 g/mol. The molecular formula is C11H17IO6P2. The highest BCUT2D eigenvalue weighted by Crippen LogP contribution is 2.77. The summed E-state index contributed by atoms with van der Waals surface area (Å²) in [4.78, 5) is 0. The monoisotopic (exact) mass is 434 g/mol. The molecule has 0 amide bonds. The number of hydrogen-bond acceptors (Lipinski definition) is 6. The molecule has 0 aliphatic rings. The van der Waals surface area contributed by atoms with Crippen molar-refractivity contribution in [2.24, 2.45) is 0 Å². The summed E-state index contributed by atoms with van der Waals surface area (Å²) in [5.41, 5.74) is 0.534. The Labute approximate surface area is 132 Å². The first-order valence-electron chi connectivity index (χ1n) is 5.55. The number of halogens is 1. The molecule has 0 fully saturated rings. The lowest BCUT2D eigenvalue weighted by Crippen LogP contribution is -2.09. The molecule has 0 aromatic heterocycles. The van der Waals surface area contributed by atoms with Crippen LogP contribution < -0.4 is 0 Å². The van der Waals surface area contributed by atoms with Gasteiger partial charge in [-0.3, -0.25) is 9.13 Å². The third-order valence-electron chi connectivity index (χ3n) is 2.80. The predicted octanol–water partition coefficient (Wildman–Crippen LogP) is 4.26. The molecule has 20 heavy (non-hydrogen) atoms. The first-order chi connectivity index (χ1) is 9.38. The molecule has 0 N–H and O–H groups in total. The zero-order valence-electron chi connectivity index (χ0n) is 11.6. The molecule has 0 spiro atoms. The van der Waals surface area contributed by atoms with Gasteiger partial charge in [-0.15, -0.1) is 0 Å². The minimum atomic E-state index is -3.71. The third kappa shape index (κ3) is 3.53. The van der Waals surface area contributed by atoms with E-state index in [0.29, 0.717) is 5.56 Å². The van der Waals surface area contributed by atoms with Crippen molar-refractivity contribution in [3.05, 3.63) is 33.4 Å². The average Bonchev–Trinajstić information content (AvgIpc) is 2.48. The Bertz CT molecular complexity index is 507. The molecule has 0 saturated heterocycles. The summed E-state index contributed by atoms with van der Waals surface area (Å²) in [6, 6.07) is 7.06. The van der Waals surface area contributed by atoms with Gasteiger partial charge in [0.05, 0.1) is 0 Å². The summed E-state index contributed by atoms with van der Waals surface area (Å²) in [6.07, 6.45) is 0. The van der Waals surface area contributed by atoms with Gasteiger partial charge in [-0.2, -0.15) is 0 Å². The van der Waals surface area contributed by atoms with Crippen LogP contribution in [-0.2, 0) is 27.2 Å². The van der Waals surface area contributed by atoms with Crippen molar-refractivity contribution in [1.29, 1.82) is 0 Å². The van der Waals surface area contributed by atoms with Gasteiger partial charge in [0, 0.05) is 32.0 Å². The zero-order chi connectivity index (χ0) is 15.4. The van der Waals surface area contributed by atoms with E-state index >= 15 is 0 Å². The summed E-state index contributed by atoms with van der Waals surface area (Å²) in [6.45, 7) is 0. The summed E-state index contributed by atoms with van der Waals surface area (Å²) in [5.74, 6) is 0. The average molecular weight is 434 g/mol. The van der Waals surface area contributed by atoms with Gasteiger partial charge in [0.25, 0.3) is 0 Å². The van der Waals surface area contributed by atoms with Gasteiger partial charge in [-0.1, -0.05) is 18.2 Å². The van der Waals surface area contributed by atoms with Crippen LogP contribution in [0.3, 0.4) is 0 Å². The van der Waals surface area contributed by atoms with E-state index in [1.807, 2.05) is 6.07 Å². The highest BCUT2D eigenvalue weighted by Gasteiger charge is 2.51. The Morgan fingerprint density at radius 2 is 1.30 bits per heavy atom. The lowest BCUT2D eigenvalue weighted by Gasteiger charge is -2.29. The Morgan fingerprint density at radius 1 is 0.900 bits per heavy atom. The smallest absolute Gasteiger partial charge is 0.311 e. The van der Waals surface area contributed by atoms with Crippen LogP contribution in [0.15, 0.2) is 24.3 Å². The van der Waals surface area contributed by atoms with E-state index in [2.05, 4.69) is 22.6 Å². The van der Waals surface area contributed by atoms with Gasteiger partial charge in [-0.25, -0.2) is 0 Å². The lowest BCUT2D eigenvalue weighted by atomic mass is 10.2. The van der Waals surface area contributed by atoms with E-state index in [4.69, 9.17) is 18.1 Å². The zero-order valence-corrected chi connectivity index (χ0v) is 15.6. The number of hydrogen-bond donors (Lipinski definition) is 0. The van der Waals surface area contributed by atoms with Crippen molar-refractivity contribution in [1.82, 2.24) is 0 Å². The first-order valence-corrected chi connectivity index (χ1v) is 9.85. The van der Waals surface area contributed by atoms with E-state index in [1.165, 1.54) is 28.4 Å². The van der Waals surface area contributed by atoms with Crippen LogP contribution in [-0.4, -0.2) is 28.4 Å². The maximum Gasteiger partial charge on any atom is 0.349 e. The van der Waals surface area contributed by atoms with Crippen molar-refractivity contribution in [2.75, 3.05) is 28.4 Å². The molecule has 0 atom stereocenters. The van der Waals surface area contributed by atoms with Crippen LogP contribution in [0.1, 0.15) is 11.0 Å². The second kappa shape index (κ2) is 7.49. The SMILES string of the molecule is COP(=O)(OC)C(c1ccccc1I)P(=O)(OC)OC. The van der Waals surface area contributed by atoms with E-state index < -0.39 is 20.6 Å². The summed E-state index contributed by atoms with van der Waals surface area (Å²) < 4.78 is 46.4. The van der Waals surface area contributed by atoms with E-state index in [0.717, 1.165) is 3.57 Å². The van der Waals surface area contributed by atoms with E-state index in [9.17, 15) is 9.13 Å². The third-order valence-corrected chi connectivity index (χ3v) is 9.27. The molecule has 0 radical (unpaired) electrons. The maximum absolute atomic E-state index is 12.8. The van der Waals surface area contributed by atoms with Gasteiger partial charge in [0.15, 0.2) is 5.40 Å². The Kier molecular flexibility index (Phi) is 6.86. The quantitative estimate of drug-likeness (QED) is 0.472. The van der Waals surface area contributed by atoms with Gasteiger partial charge < -0.3 is 18.1 Å². The fourth-order valence-electron chi connectivity index (χ4n) is 1.75. The van der Waals surface area contributed by atoms with Crippen LogP contribution >= 0.6 is 37.8 Å². The standard InChI is InChI=1S/C11H17IO6P2/c1-15-19(13,16-2)11(20(14,17-3)18-4)9-7-5-6-8-10(9)12/h5-8,11H,1-4H3. The normalized spacial score (nSPS) is 12.9. The topological polar surface area (TPSA) is 71.1 Å². The maximum atomic E-state index is 12.8. The van der Waals surface area contributed by atoms with Crippen molar-refractivity contribution in [3.63, 3.8) is 0 Å². The second-order valence-electron chi connectivity index (χ2n) is 3.71. The molecule has 9 heteroatoms. The molecule has 0 unspecified atom stereocenters. The van der Waals surface area contributed by atoms with Crippen LogP contribution in [0, 0.1) is 3.57 Å². The van der Waals surface area contributed by atoms with Crippen molar-refractivity contribution in [2.45, 2.75) is 5.40 Å². The van der Waals surface area contributed by atoms with Gasteiger partial charge in [0.1, 0.15) is 0 Å². The molecule has 0 aliphatic heterocycles. The molecule has 0 bridgehead atoms. The molecule has 0 heterocycles. The summed E-state index contributed by atoms with van der Waals surface area (Å²) >= 11 is 2.06. The van der Waals surface area contributed by atoms with Gasteiger partial charge >= 0.3 is 15.2 Å². The molecule has 1 rings (SSSR count). The lowest BCUT2D eigenvalue weighted by molar-refractivity contribution is 0.247. The minimum absolute atomic E-state index is 0.534. The van der Waals surface area contributed by atoms with Crippen molar-refractivity contribution < 1.29 is 27.2 Å². The van der Waals surface area contributed by atoms with Gasteiger partial charge in [-0.05, 0) is 34.2 Å². The largest absolute Gasteiger partial charge is 0.349 e. The Hall–Kier alpha value is 0.250. The predicted molar refractivity (Wildman–Crippen MR) is 85.1 cm³/mol. The van der Waals surface area contributed by atoms with Crippen molar-refractivity contribution >= 4 is 37.8 Å². The van der Waals surface area contributed by atoms with Crippen LogP contribution in [0.5, 0.6) is 0 Å². The molecule has 0 saturated carbocycles.